The zero-order valence-corrected chi connectivity index (χ0v) is 14.2. The maximum atomic E-state index is 5.71. The molecule has 0 radical (unpaired) electrons. The van der Waals surface area contributed by atoms with Crippen LogP contribution in [0.1, 0.15) is 24.3 Å². The topological polar surface area (TPSA) is 75.6 Å². The highest BCUT2D eigenvalue weighted by Crippen LogP contribution is 2.20. The number of aromatic nitrogens is 5. The zero-order chi connectivity index (χ0) is 16.7. The second-order valence-electron chi connectivity index (χ2n) is 6.35. The number of fused-ring (bicyclic) bond motifs is 1. The van der Waals surface area contributed by atoms with E-state index in [1.165, 1.54) is 0 Å². The Labute approximate surface area is 140 Å². The molecule has 0 aromatic carbocycles. The fourth-order valence-corrected chi connectivity index (χ4v) is 3.19. The van der Waals surface area contributed by atoms with Crippen LogP contribution in [0.3, 0.4) is 0 Å². The van der Waals surface area contributed by atoms with Gasteiger partial charge in [-0.25, -0.2) is 4.98 Å². The molecule has 0 N–H and O–H groups in total. The summed E-state index contributed by atoms with van der Waals surface area (Å²) in [6, 6.07) is 4.32. The summed E-state index contributed by atoms with van der Waals surface area (Å²) in [6.07, 6.45) is 1.63. The van der Waals surface area contributed by atoms with Crippen LogP contribution >= 0.6 is 0 Å². The lowest BCUT2D eigenvalue weighted by Crippen LogP contribution is -2.52. The van der Waals surface area contributed by atoms with Crippen molar-refractivity contribution >= 4 is 11.5 Å². The van der Waals surface area contributed by atoms with E-state index in [-0.39, 0.29) is 0 Å². The molecule has 1 atom stereocenters. The first kappa shape index (κ1) is 15.1. The van der Waals surface area contributed by atoms with Crippen molar-refractivity contribution in [3.05, 3.63) is 35.8 Å². The van der Waals surface area contributed by atoms with Crippen molar-refractivity contribution in [2.45, 2.75) is 33.4 Å². The number of aryl methyl sites for hydroxylation is 2. The molecule has 24 heavy (non-hydrogen) atoms. The molecule has 0 amide bonds. The molecular formula is C16H21N7O. The highest BCUT2D eigenvalue weighted by atomic mass is 16.4. The van der Waals surface area contributed by atoms with Crippen molar-refractivity contribution in [3.8, 4) is 0 Å². The van der Waals surface area contributed by atoms with E-state index in [1.807, 2.05) is 26.0 Å². The number of rotatable bonds is 3. The van der Waals surface area contributed by atoms with Gasteiger partial charge in [-0.2, -0.15) is 4.52 Å². The summed E-state index contributed by atoms with van der Waals surface area (Å²) >= 11 is 0. The van der Waals surface area contributed by atoms with Crippen molar-refractivity contribution in [2.24, 2.45) is 0 Å². The van der Waals surface area contributed by atoms with E-state index in [4.69, 9.17) is 4.42 Å². The summed E-state index contributed by atoms with van der Waals surface area (Å²) < 4.78 is 7.42. The lowest BCUT2D eigenvalue weighted by molar-refractivity contribution is 0.200. The minimum atomic E-state index is 0.359. The number of nitrogens with zero attached hydrogens (tertiary/aromatic N) is 7. The largest absolute Gasteiger partial charge is 0.444 e. The molecule has 3 aromatic rings. The molecule has 1 saturated heterocycles. The lowest BCUT2D eigenvalue weighted by atomic mass is 10.2. The van der Waals surface area contributed by atoms with Gasteiger partial charge >= 0.3 is 0 Å². The van der Waals surface area contributed by atoms with Crippen LogP contribution in [0, 0.1) is 13.8 Å². The van der Waals surface area contributed by atoms with Crippen LogP contribution in [0.5, 0.6) is 0 Å². The predicted molar refractivity (Wildman–Crippen MR) is 88.8 cm³/mol. The minimum absolute atomic E-state index is 0.359. The second-order valence-corrected chi connectivity index (χ2v) is 6.35. The Morgan fingerprint density at radius 2 is 2.12 bits per heavy atom. The molecule has 1 aliphatic rings. The van der Waals surface area contributed by atoms with Crippen LogP contribution in [-0.4, -0.2) is 55.4 Å². The van der Waals surface area contributed by atoms with Gasteiger partial charge in [0.2, 0.25) is 5.89 Å². The maximum Gasteiger partial charge on any atom is 0.208 e. The van der Waals surface area contributed by atoms with Gasteiger partial charge in [-0.05, 0) is 32.9 Å². The quantitative estimate of drug-likeness (QED) is 0.720. The van der Waals surface area contributed by atoms with Crippen LogP contribution < -0.4 is 4.90 Å². The number of piperazine rings is 1. The summed E-state index contributed by atoms with van der Waals surface area (Å²) in [7, 11) is 0. The molecule has 0 unspecified atom stereocenters. The molecule has 0 bridgehead atoms. The van der Waals surface area contributed by atoms with Gasteiger partial charge in [-0.1, -0.05) is 0 Å². The molecule has 4 rings (SSSR count). The molecular weight excluding hydrogens is 306 g/mol. The first-order chi connectivity index (χ1) is 11.6. The van der Waals surface area contributed by atoms with E-state index in [9.17, 15) is 0 Å². The molecule has 4 heterocycles. The smallest absolute Gasteiger partial charge is 0.208 e. The van der Waals surface area contributed by atoms with Gasteiger partial charge in [0.25, 0.3) is 0 Å². The van der Waals surface area contributed by atoms with Gasteiger partial charge in [-0.3, -0.25) is 4.90 Å². The summed E-state index contributed by atoms with van der Waals surface area (Å²) in [5, 5.41) is 12.5. The SMILES string of the molecule is Cc1nc(CN2CCN(c3ccc4nncn4n3)[C@@H](C)C2)oc1C. The van der Waals surface area contributed by atoms with Crippen molar-refractivity contribution in [1.29, 1.82) is 0 Å². The van der Waals surface area contributed by atoms with E-state index in [0.717, 1.165) is 55.0 Å². The monoisotopic (exact) mass is 327 g/mol. The first-order valence-corrected chi connectivity index (χ1v) is 8.19. The Bertz CT molecular complexity index is 836. The van der Waals surface area contributed by atoms with Crippen molar-refractivity contribution in [2.75, 3.05) is 24.5 Å². The Morgan fingerprint density at radius 1 is 1.25 bits per heavy atom. The van der Waals surface area contributed by atoms with E-state index < -0.39 is 0 Å². The van der Waals surface area contributed by atoms with Crippen LogP contribution in [0.15, 0.2) is 22.9 Å². The van der Waals surface area contributed by atoms with Crippen LogP contribution in [0.2, 0.25) is 0 Å². The van der Waals surface area contributed by atoms with Gasteiger partial charge < -0.3 is 9.32 Å². The molecule has 0 spiro atoms. The third-order valence-corrected chi connectivity index (χ3v) is 4.59. The normalized spacial score (nSPS) is 19.3. The number of anilines is 1. The van der Waals surface area contributed by atoms with Gasteiger partial charge in [-0.15, -0.1) is 15.3 Å². The Kier molecular flexibility index (Phi) is 3.68. The third kappa shape index (κ3) is 2.73. The van der Waals surface area contributed by atoms with Crippen molar-refractivity contribution in [1.82, 2.24) is 29.7 Å². The Balaban J connectivity index is 1.45. The maximum absolute atomic E-state index is 5.71. The molecule has 1 aliphatic heterocycles. The molecule has 0 saturated carbocycles. The van der Waals surface area contributed by atoms with Crippen molar-refractivity contribution in [3.63, 3.8) is 0 Å². The molecule has 0 aliphatic carbocycles. The average Bonchev–Trinajstić information content (AvgIpc) is 3.13. The number of oxazole rings is 1. The van der Waals surface area contributed by atoms with E-state index in [2.05, 4.69) is 37.0 Å². The van der Waals surface area contributed by atoms with Crippen LogP contribution in [0.25, 0.3) is 5.65 Å². The summed E-state index contributed by atoms with van der Waals surface area (Å²) in [6.45, 7) is 9.73. The summed E-state index contributed by atoms with van der Waals surface area (Å²) in [5.41, 5.74) is 1.74. The summed E-state index contributed by atoms with van der Waals surface area (Å²) in [4.78, 5) is 9.18. The van der Waals surface area contributed by atoms with Gasteiger partial charge in [0, 0.05) is 25.7 Å². The van der Waals surface area contributed by atoms with E-state index in [0.29, 0.717) is 6.04 Å². The lowest BCUT2D eigenvalue weighted by Gasteiger charge is -2.40. The van der Waals surface area contributed by atoms with E-state index >= 15 is 0 Å². The first-order valence-electron chi connectivity index (χ1n) is 8.19. The molecule has 1 fully saturated rings. The molecule has 8 nitrogen and oxygen atoms in total. The predicted octanol–water partition coefficient (Wildman–Crippen LogP) is 1.44. The molecule has 126 valence electrons. The number of hydrogen-bond acceptors (Lipinski definition) is 7. The van der Waals surface area contributed by atoms with Gasteiger partial charge in [0.05, 0.1) is 12.2 Å². The second kappa shape index (κ2) is 5.86. The highest BCUT2D eigenvalue weighted by molar-refractivity contribution is 5.46. The summed E-state index contributed by atoms with van der Waals surface area (Å²) in [5.74, 6) is 2.66. The van der Waals surface area contributed by atoms with Gasteiger partial charge in [0.1, 0.15) is 17.9 Å². The molecule has 3 aromatic heterocycles. The van der Waals surface area contributed by atoms with Crippen LogP contribution in [0.4, 0.5) is 5.82 Å². The fourth-order valence-electron chi connectivity index (χ4n) is 3.19. The highest BCUT2D eigenvalue weighted by Gasteiger charge is 2.26. The van der Waals surface area contributed by atoms with Gasteiger partial charge in [0.15, 0.2) is 5.65 Å². The minimum Gasteiger partial charge on any atom is -0.444 e. The fraction of sp³-hybridized carbons (Fsp3) is 0.500. The van der Waals surface area contributed by atoms with Crippen molar-refractivity contribution < 1.29 is 4.42 Å². The standard InChI is InChI=1S/C16H21N7O/c1-11-8-21(9-16-18-12(2)13(3)24-16)6-7-22(11)15-5-4-14-19-17-10-23(14)20-15/h4-5,10-11H,6-9H2,1-3H3/t11-/m0/s1. The Morgan fingerprint density at radius 3 is 2.88 bits per heavy atom. The van der Waals surface area contributed by atoms with E-state index in [1.54, 1.807) is 10.8 Å². The average molecular weight is 327 g/mol. The molecule has 8 heteroatoms. The Hall–Kier alpha value is -2.48. The zero-order valence-electron chi connectivity index (χ0n) is 14.2. The van der Waals surface area contributed by atoms with Crippen LogP contribution in [-0.2, 0) is 6.54 Å². The third-order valence-electron chi connectivity index (χ3n) is 4.59. The number of hydrogen-bond donors (Lipinski definition) is 0.